The summed E-state index contributed by atoms with van der Waals surface area (Å²) in [6.07, 6.45) is 2.69. The Bertz CT molecular complexity index is 753. The highest BCUT2D eigenvalue weighted by Gasteiger charge is 2.39. The summed E-state index contributed by atoms with van der Waals surface area (Å²) < 4.78 is 31.2. The lowest BCUT2D eigenvalue weighted by Gasteiger charge is -2.34. The molecule has 1 aliphatic rings. The van der Waals surface area contributed by atoms with Crippen LogP contribution >= 0.6 is 0 Å². The standard InChI is InChI=1S/C14H18N4O3S/c1-18(22(19,20)11-6-3-2-4-7-11)10-12-16-13(17-21-12)14(15)8-5-9-14/h2-4,6-7H,5,8-10,15H2,1H3. The first-order valence-electron chi connectivity index (χ1n) is 7.05. The number of hydrogen-bond donors (Lipinski definition) is 1. The number of sulfonamides is 1. The van der Waals surface area contributed by atoms with Crippen molar-refractivity contribution in [2.24, 2.45) is 5.73 Å². The SMILES string of the molecule is CN(Cc1nc(C2(N)CCC2)no1)S(=O)(=O)c1ccccc1. The van der Waals surface area contributed by atoms with E-state index in [2.05, 4.69) is 10.1 Å². The van der Waals surface area contributed by atoms with Gasteiger partial charge in [-0.2, -0.15) is 9.29 Å². The van der Waals surface area contributed by atoms with Crippen LogP contribution in [-0.2, 0) is 22.1 Å². The number of aromatic nitrogens is 2. The second-order valence-electron chi connectivity index (χ2n) is 5.60. The van der Waals surface area contributed by atoms with Crippen LogP contribution in [0.4, 0.5) is 0 Å². The van der Waals surface area contributed by atoms with Gasteiger partial charge in [0.25, 0.3) is 0 Å². The fourth-order valence-electron chi connectivity index (χ4n) is 2.35. The van der Waals surface area contributed by atoms with Crippen molar-refractivity contribution in [1.29, 1.82) is 0 Å². The molecule has 3 rings (SSSR count). The maximum atomic E-state index is 12.4. The average molecular weight is 322 g/mol. The number of benzene rings is 1. The van der Waals surface area contributed by atoms with E-state index in [0.29, 0.717) is 5.82 Å². The van der Waals surface area contributed by atoms with Gasteiger partial charge in [0.05, 0.1) is 17.0 Å². The summed E-state index contributed by atoms with van der Waals surface area (Å²) in [6, 6.07) is 8.23. The summed E-state index contributed by atoms with van der Waals surface area (Å²) in [6.45, 7) is 0.0142. The molecule has 0 atom stereocenters. The van der Waals surface area contributed by atoms with Crippen LogP contribution in [0.3, 0.4) is 0 Å². The first kappa shape index (κ1) is 15.1. The van der Waals surface area contributed by atoms with E-state index >= 15 is 0 Å². The van der Waals surface area contributed by atoms with Crippen molar-refractivity contribution in [2.75, 3.05) is 7.05 Å². The van der Waals surface area contributed by atoms with Crippen molar-refractivity contribution in [3.8, 4) is 0 Å². The molecule has 0 radical (unpaired) electrons. The quantitative estimate of drug-likeness (QED) is 0.888. The van der Waals surface area contributed by atoms with Crippen molar-refractivity contribution in [1.82, 2.24) is 14.4 Å². The molecule has 0 aliphatic heterocycles. The zero-order valence-corrected chi connectivity index (χ0v) is 13.1. The van der Waals surface area contributed by atoms with E-state index < -0.39 is 15.6 Å². The smallest absolute Gasteiger partial charge is 0.243 e. The van der Waals surface area contributed by atoms with Crippen molar-refractivity contribution in [3.63, 3.8) is 0 Å². The fraction of sp³-hybridized carbons (Fsp3) is 0.429. The molecule has 0 spiro atoms. The summed E-state index contributed by atoms with van der Waals surface area (Å²) in [5.41, 5.74) is 5.61. The molecule has 0 unspecified atom stereocenters. The van der Waals surface area contributed by atoms with Gasteiger partial charge in [-0.25, -0.2) is 8.42 Å². The molecule has 22 heavy (non-hydrogen) atoms. The molecular weight excluding hydrogens is 304 g/mol. The molecule has 0 saturated heterocycles. The van der Waals surface area contributed by atoms with Crippen LogP contribution in [0.5, 0.6) is 0 Å². The normalized spacial score (nSPS) is 17.4. The molecule has 0 bridgehead atoms. The number of nitrogens with zero attached hydrogens (tertiary/aromatic N) is 3. The van der Waals surface area contributed by atoms with Crippen LogP contribution < -0.4 is 5.73 Å². The summed E-state index contributed by atoms with van der Waals surface area (Å²) in [5, 5.41) is 3.89. The Kier molecular flexibility index (Phi) is 3.75. The third kappa shape index (κ3) is 2.65. The lowest BCUT2D eigenvalue weighted by atomic mass is 9.77. The molecule has 1 fully saturated rings. The predicted octanol–water partition coefficient (Wildman–Crippen LogP) is 1.23. The molecule has 2 aromatic rings. The van der Waals surface area contributed by atoms with Gasteiger partial charge in [-0.3, -0.25) is 0 Å². The van der Waals surface area contributed by atoms with E-state index in [1.807, 2.05) is 0 Å². The topological polar surface area (TPSA) is 102 Å². The Balaban J connectivity index is 1.76. The maximum absolute atomic E-state index is 12.4. The van der Waals surface area contributed by atoms with Crippen LogP contribution in [0.15, 0.2) is 39.8 Å². The van der Waals surface area contributed by atoms with Crippen LogP contribution in [0.25, 0.3) is 0 Å². The molecule has 1 aromatic carbocycles. The molecule has 1 saturated carbocycles. The Hall–Kier alpha value is -1.77. The Morgan fingerprint density at radius 1 is 1.32 bits per heavy atom. The van der Waals surface area contributed by atoms with Gasteiger partial charge in [0.15, 0.2) is 5.82 Å². The Labute approximate surface area is 129 Å². The minimum absolute atomic E-state index is 0.0142. The van der Waals surface area contributed by atoms with Crippen molar-refractivity contribution in [3.05, 3.63) is 42.0 Å². The first-order chi connectivity index (χ1) is 10.4. The van der Waals surface area contributed by atoms with Crippen molar-refractivity contribution < 1.29 is 12.9 Å². The second-order valence-corrected chi connectivity index (χ2v) is 7.64. The molecule has 1 aliphatic carbocycles. The van der Waals surface area contributed by atoms with Crippen LogP contribution in [0.1, 0.15) is 31.0 Å². The summed E-state index contributed by atoms with van der Waals surface area (Å²) in [4.78, 5) is 4.47. The molecule has 8 heteroatoms. The van der Waals surface area contributed by atoms with Gasteiger partial charge in [0.1, 0.15) is 0 Å². The highest BCUT2D eigenvalue weighted by molar-refractivity contribution is 7.89. The Morgan fingerprint density at radius 2 is 2.00 bits per heavy atom. The van der Waals surface area contributed by atoms with Gasteiger partial charge in [-0.15, -0.1) is 0 Å². The number of rotatable bonds is 5. The molecule has 118 valence electrons. The number of hydrogen-bond acceptors (Lipinski definition) is 6. The van der Waals surface area contributed by atoms with Crippen molar-refractivity contribution in [2.45, 2.75) is 36.2 Å². The van der Waals surface area contributed by atoms with E-state index in [-0.39, 0.29) is 17.3 Å². The van der Waals surface area contributed by atoms with E-state index in [1.54, 1.807) is 30.3 Å². The Morgan fingerprint density at radius 3 is 2.59 bits per heavy atom. The summed E-state index contributed by atoms with van der Waals surface area (Å²) in [5.74, 6) is 0.702. The third-order valence-electron chi connectivity index (χ3n) is 3.97. The zero-order chi connectivity index (χ0) is 15.8. The summed E-state index contributed by atoms with van der Waals surface area (Å²) >= 11 is 0. The molecule has 1 aromatic heterocycles. The molecule has 1 heterocycles. The van der Waals surface area contributed by atoms with Gasteiger partial charge in [-0.05, 0) is 31.4 Å². The van der Waals surface area contributed by atoms with Crippen LogP contribution in [-0.4, -0.2) is 29.9 Å². The first-order valence-corrected chi connectivity index (χ1v) is 8.49. The van der Waals surface area contributed by atoms with E-state index in [1.165, 1.54) is 11.4 Å². The monoisotopic (exact) mass is 322 g/mol. The third-order valence-corrected chi connectivity index (χ3v) is 5.79. The van der Waals surface area contributed by atoms with Gasteiger partial charge >= 0.3 is 0 Å². The largest absolute Gasteiger partial charge is 0.338 e. The highest BCUT2D eigenvalue weighted by Crippen LogP contribution is 2.36. The highest BCUT2D eigenvalue weighted by atomic mass is 32.2. The molecule has 2 N–H and O–H groups in total. The van der Waals surface area contributed by atoms with Gasteiger partial charge in [0, 0.05) is 7.05 Å². The van der Waals surface area contributed by atoms with Gasteiger partial charge in [0.2, 0.25) is 15.9 Å². The summed E-state index contributed by atoms with van der Waals surface area (Å²) in [7, 11) is -2.10. The predicted molar refractivity (Wildman–Crippen MR) is 79.1 cm³/mol. The molecular formula is C14H18N4O3S. The lowest BCUT2D eigenvalue weighted by molar-refractivity contribution is 0.228. The van der Waals surface area contributed by atoms with Gasteiger partial charge in [-0.1, -0.05) is 23.4 Å². The van der Waals surface area contributed by atoms with E-state index in [0.717, 1.165) is 19.3 Å². The minimum atomic E-state index is -3.58. The minimum Gasteiger partial charge on any atom is -0.338 e. The van der Waals surface area contributed by atoms with Crippen LogP contribution in [0.2, 0.25) is 0 Å². The van der Waals surface area contributed by atoms with E-state index in [4.69, 9.17) is 10.3 Å². The fourth-order valence-corrected chi connectivity index (χ4v) is 3.49. The molecule has 7 nitrogen and oxygen atoms in total. The average Bonchev–Trinajstić information content (AvgIpc) is 2.94. The van der Waals surface area contributed by atoms with Crippen LogP contribution in [0, 0.1) is 0 Å². The van der Waals surface area contributed by atoms with Gasteiger partial charge < -0.3 is 10.3 Å². The van der Waals surface area contributed by atoms with E-state index in [9.17, 15) is 8.42 Å². The zero-order valence-electron chi connectivity index (χ0n) is 12.3. The lowest BCUT2D eigenvalue weighted by Crippen LogP contribution is -2.44. The molecule has 0 amide bonds. The number of nitrogens with two attached hydrogens (primary N) is 1. The maximum Gasteiger partial charge on any atom is 0.243 e. The van der Waals surface area contributed by atoms with Crippen molar-refractivity contribution >= 4 is 10.0 Å². The second kappa shape index (κ2) is 5.45.